The van der Waals surface area contributed by atoms with Gasteiger partial charge in [0.15, 0.2) is 5.13 Å². The van der Waals surface area contributed by atoms with E-state index in [4.69, 9.17) is 11.0 Å². The summed E-state index contributed by atoms with van der Waals surface area (Å²) in [5, 5.41) is 11.4. The summed E-state index contributed by atoms with van der Waals surface area (Å²) in [6, 6.07) is 1.99. The average molecular weight is 235 g/mol. The van der Waals surface area contributed by atoms with E-state index in [2.05, 4.69) is 10.4 Å². The Morgan fingerprint density at radius 3 is 2.93 bits per heavy atom. The van der Waals surface area contributed by atoms with E-state index < -0.39 is 0 Å². The fourth-order valence-corrected chi connectivity index (χ4v) is 3.06. The maximum absolute atomic E-state index is 8.69. The van der Waals surface area contributed by atoms with Crippen LogP contribution in [0, 0.1) is 24.5 Å². The van der Waals surface area contributed by atoms with E-state index in [-0.39, 0.29) is 0 Å². The van der Waals surface area contributed by atoms with Crippen LogP contribution in [0.2, 0.25) is 0 Å². The van der Waals surface area contributed by atoms with Crippen molar-refractivity contribution >= 4 is 38.4 Å². The first-order valence-corrected chi connectivity index (χ1v) is 5.99. The average Bonchev–Trinajstić information content (AvgIpc) is 2.57. The molecule has 1 aromatic heterocycles. The summed E-state index contributed by atoms with van der Waals surface area (Å²) in [7, 11) is 0. The molecule has 3 nitrogen and oxygen atoms in total. The summed E-state index contributed by atoms with van der Waals surface area (Å²) in [6.45, 7) is 3.99. The molecule has 0 radical (unpaired) electrons. The molecule has 1 heterocycles. The molecule has 76 valence electrons. The summed E-state index contributed by atoms with van der Waals surface area (Å²) in [5.74, 6) is 0. The van der Waals surface area contributed by atoms with Crippen LogP contribution in [-0.4, -0.2) is 4.98 Å². The van der Waals surface area contributed by atoms with Crippen LogP contribution in [0.25, 0.3) is 10.2 Å². The lowest BCUT2D eigenvalue weighted by molar-refractivity contribution is 1.30. The van der Waals surface area contributed by atoms with E-state index in [1.54, 1.807) is 0 Å². The molecular formula is C10H9N3S2. The van der Waals surface area contributed by atoms with Gasteiger partial charge in [0.1, 0.15) is 5.40 Å². The van der Waals surface area contributed by atoms with Gasteiger partial charge >= 0.3 is 0 Å². The van der Waals surface area contributed by atoms with Gasteiger partial charge in [-0.1, -0.05) is 11.3 Å². The Morgan fingerprint density at radius 2 is 2.27 bits per heavy atom. The molecule has 0 saturated carbocycles. The number of rotatable bonds is 1. The number of thioether (sulfide) groups is 1. The van der Waals surface area contributed by atoms with Crippen molar-refractivity contribution in [2.45, 2.75) is 18.7 Å². The van der Waals surface area contributed by atoms with Gasteiger partial charge in [0.2, 0.25) is 0 Å². The molecule has 2 aromatic rings. The molecule has 0 spiro atoms. The van der Waals surface area contributed by atoms with Crippen molar-refractivity contribution in [1.29, 1.82) is 5.26 Å². The van der Waals surface area contributed by atoms with Crippen molar-refractivity contribution in [1.82, 2.24) is 4.98 Å². The molecule has 0 aliphatic rings. The molecule has 0 bridgehead atoms. The van der Waals surface area contributed by atoms with Crippen LogP contribution < -0.4 is 5.73 Å². The molecule has 0 saturated heterocycles. The highest BCUT2D eigenvalue weighted by Gasteiger charge is 2.11. The van der Waals surface area contributed by atoms with Gasteiger partial charge in [-0.05, 0) is 42.8 Å². The monoisotopic (exact) mass is 235 g/mol. The number of aryl methyl sites for hydroxylation is 2. The third-order valence-electron chi connectivity index (χ3n) is 2.23. The van der Waals surface area contributed by atoms with Crippen LogP contribution in [0.4, 0.5) is 5.13 Å². The first-order valence-electron chi connectivity index (χ1n) is 4.35. The molecule has 0 aliphatic carbocycles. The lowest BCUT2D eigenvalue weighted by Gasteiger charge is -2.03. The van der Waals surface area contributed by atoms with Crippen molar-refractivity contribution in [2.24, 2.45) is 0 Å². The Morgan fingerprint density at radius 1 is 1.53 bits per heavy atom. The molecule has 2 N–H and O–H groups in total. The number of nitrogen functional groups attached to an aromatic ring is 1. The Hall–Kier alpha value is -1.25. The molecule has 2 rings (SSSR count). The minimum atomic E-state index is 0.579. The van der Waals surface area contributed by atoms with Crippen molar-refractivity contribution < 1.29 is 0 Å². The smallest absolute Gasteiger partial charge is 0.181 e. The molecule has 5 heteroatoms. The van der Waals surface area contributed by atoms with Gasteiger partial charge in [-0.15, -0.1) is 0 Å². The number of hydrogen-bond acceptors (Lipinski definition) is 5. The molecule has 0 atom stereocenters. The minimum Gasteiger partial charge on any atom is -0.375 e. The Kier molecular flexibility index (Phi) is 2.55. The van der Waals surface area contributed by atoms with E-state index in [1.807, 2.05) is 19.9 Å². The lowest BCUT2D eigenvalue weighted by atomic mass is 10.1. The normalized spacial score (nSPS) is 10.5. The van der Waals surface area contributed by atoms with Crippen LogP contribution in [0.5, 0.6) is 0 Å². The molecule has 15 heavy (non-hydrogen) atoms. The van der Waals surface area contributed by atoms with E-state index in [1.165, 1.54) is 23.1 Å². The summed E-state index contributed by atoms with van der Waals surface area (Å²) >= 11 is 2.66. The topological polar surface area (TPSA) is 62.7 Å². The summed E-state index contributed by atoms with van der Waals surface area (Å²) in [5.41, 5.74) is 8.81. The number of nitrogens with zero attached hydrogens (tertiary/aromatic N) is 2. The second kappa shape index (κ2) is 3.72. The zero-order chi connectivity index (χ0) is 11.0. The number of thiocyanates is 1. The van der Waals surface area contributed by atoms with Crippen molar-refractivity contribution in [3.63, 3.8) is 0 Å². The number of hydrogen-bond donors (Lipinski definition) is 1. The Bertz CT molecular complexity index is 566. The maximum atomic E-state index is 8.69. The minimum absolute atomic E-state index is 0.579. The number of aromatic nitrogens is 1. The van der Waals surface area contributed by atoms with Gasteiger partial charge in [0.25, 0.3) is 0 Å². The van der Waals surface area contributed by atoms with Gasteiger partial charge in [-0.25, -0.2) is 4.98 Å². The third kappa shape index (κ3) is 1.66. The van der Waals surface area contributed by atoms with Gasteiger partial charge < -0.3 is 5.73 Å². The van der Waals surface area contributed by atoms with Crippen LogP contribution in [0.15, 0.2) is 11.0 Å². The quantitative estimate of drug-likeness (QED) is 0.609. The first kappa shape index (κ1) is 10.3. The molecular weight excluding hydrogens is 226 g/mol. The van der Waals surface area contributed by atoms with E-state index in [0.29, 0.717) is 5.13 Å². The third-order valence-corrected chi connectivity index (χ3v) is 3.97. The Labute approximate surface area is 95.9 Å². The molecule has 1 aromatic carbocycles. The SMILES string of the molecule is Cc1cc(SC#N)c(C)c2sc(N)nc12. The van der Waals surface area contributed by atoms with Crippen LogP contribution in [0.1, 0.15) is 11.1 Å². The fourth-order valence-electron chi connectivity index (χ4n) is 1.50. The zero-order valence-corrected chi connectivity index (χ0v) is 10.00. The zero-order valence-electron chi connectivity index (χ0n) is 8.37. The predicted octanol–water partition coefficient (Wildman–Crippen LogP) is 3.07. The Balaban J connectivity index is 2.78. The van der Waals surface area contributed by atoms with E-state index in [9.17, 15) is 0 Å². The highest BCUT2D eigenvalue weighted by molar-refractivity contribution is 8.03. The first-order chi connectivity index (χ1) is 7.13. The number of fused-ring (bicyclic) bond motifs is 1. The van der Waals surface area contributed by atoms with Crippen LogP contribution in [-0.2, 0) is 0 Å². The molecule has 0 unspecified atom stereocenters. The van der Waals surface area contributed by atoms with Gasteiger partial charge in [-0.3, -0.25) is 0 Å². The van der Waals surface area contributed by atoms with Crippen molar-refractivity contribution in [3.8, 4) is 5.40 Å². The second-order valence-corrected chi connectivity index (χ2v) is 5.10. The maximum Gasteiger partial charge on any atom is 0.181 e. The highest BCUT2D eigenvalue weighted by Crippen LogP contribution is 2.35. The van der Waals surface area contributed by atoms with E-state index >= 15 is 0 Å². The van der Waals surface area contributed by atoms with Gasteiger partial charge in [0, 0.05) is 4.90 Å². The van der Waals surface area contributed by atoms with Crippen LogP contribution >= 0.6 is 23.1 Å². The summed E-state index contributed by atoms with van der Waals surface area (Å²) in [4.78, 5) is 5.27. The van der Waals surface area contributed by atoms with E-state index in [0.717, 1.165) is 26.2 Å². The fraction of sp³-hybridized carbons (Fsp3) is 0.200. The summed E-state index contributed by atoms with van der Waals surface area (Å²) in [6.07, 6.45) is 0. The van der Waals surface area contributed by atoms with Gasteiger partial charge in [-0.2, -0.15) is 5.26 Å². The largest absolute Gasteiger partial charge is 0.375 e. The number of anilines is 1. The number of thiazole rings is 1. The number of nitriles is 1. The van der Waals surface area contributed by atoms with Crippen molar-refractivity contribution in [3.05, 3.63) is 17.2 Å². The molecule has 0 aliphatic heterocycles. The predicted molar refractivity (Wildman–Crippen MR) is 65.0 cm³/mol. The lowest BCUT2D eigenvalue weighted by Crippen LogP contribution is -1.85. The second-order valence-electron chi connectivity index (χ2n) is 3.24. The van der Waals surface area contributed by atoms with Crippen molar-refractivity contribution in [2.75, 3.05) is 5.73 Å². The van der Waals surface area contributed by atoms with Crippen LogP contribution in [0.3, 0.4) is 0 Å². The highest BCUT2D eigenvalue weighted by atomic mass is 32.2. The van der Waals surface area contributed by atoms with Gasteiger partial charge in [0.05, 0.1) is 10.2 Å². The molecule has 0 amide bonds. The number of nitrogens with two attached hydrogens (primary N) is 1. The summed E-state index contributed by atoms with van der Waals surface area (Å²) < 4.78 is 1.09. The standard InChI is InChI=1S/C10H9N3S2/c1-5-3-7(14-4-11)6(2)9-8(5)13-10(12)15-9/h3H,1-2H3,(H2,12,13). The number of benzene rings is 1. The molecule has 0 fully saturated rings.